The normalized spacial score (nSPS) is 35.3. The van der Waals surface area contributed by atoms with Crippen LogP contribution in [0.1, 0.15) is 20.3 Å². The van der Waals surface area contributed by atoms with Gasteiger partial charge < -0.3 is 9.84 Å². The third kappa shape index (κ3) is 1.41. The zero-order valence-electron chi connectivity index (χ0n) is 8.61. The van der Waals surface area contributed by atoms with Gasteiger partial charge >= 0.3 is 0 Å². The summed E-state index contributed by atoms with van der Waals surface area (Å²) >= 11 is 0. The van der Waals surface area contributed by atoms with Crippen molar-refractivity contribution in [3.05, 3.63) is 23.5 Å². The molecule has 2 atom stereocenters. The van der Waals surface area contributed by atoms with Crippen LogP contribution in [-0.4, -0.2) is 28.4 Å². The standard InChI is InChI=1S/C11H12O4/c1-6-3-7-4-9(12)11(2,14)10(13)8(7)5-15-6/h4-6,14H,3H2,1-2H3/t6-,11-/m0/s1. The average Bonchev–Trinajstić information content (AvgIpc) is 2.15. The van der Waals surface area contributed by atoms with Crippen LogP contribution in [0, 0.1) is 0 Å². The van der Waals surface area contributed by atoms with E-state index in [1.54, 1.807) is 0 Å². The Bertz CT molecular complexity index is 401. The quantitative estimate of drug-likeness (QED) is 0.589. The number of aliphatic hydroxyl groups is 1. The van der Waals surface area contributed by atoms with Gasteiger partial charge in [-0.3, -0.25) is 9.59 Å². The van der Waals surface area contributed by atoms with Crippen LogP contribution in [0.3, 0.4) is 0 Å². The molecule has 0 fully saturated rings. The fourth-order valence-electron chi connectivity index (χ4n) is 1.74. The van der Waals surface area contributed by atoms with Crippen molar-refractivity contribution in [1.29, 1.82) is 0 Å². The van der Waals surface area contributed by atoms with Gasteiger partial charge in [-0.2, -0.15) is 0 Å². The third-order valence-corrected chi connectivity index (χ3v) is 2.74. The Morgan fingerprint density at radius 3 is 2.87 bits per heavy atom. The molecule has 1 aliphatic carbocycles. The lowest BCUT2D eigenvalue weighted by Gasteiger charge is -2.30. The molecule has 0 saturated heterocycles. The summed E-state index contributed by atoms with van der Waals surface area (Å²) in [5.41, 5.74) is -0.952. The third-order valence-electron chi connectivity index (χ3n) is 2.74. The highest BCUT2D eigenvalue weighted by atomic mass is 16.5. The van der Waals surface area contributed by atoms with Gasteiger partial charge in [0.1, 0.15) is 0 Å². The molecule has 4 heteroatoms. The molecule has 0 bridgehead atoms. The molecule has 80 valence electrons. The van der Waals surface area contributed by atoms with Crippen molar-refractivity contribution in [2.24, 2.45) is 0 Å². The summed E-state index contributed by atoms with van der Waals surface area (Å²) in [5, 5.41) is 9.68. The van der Waals surface area contributed by atoms with E-state index in [2.05, 4.69) is 0 Å². The second-order valence-corrected chi connectivity index (χ2v) is 4.12. The molecule has 0 aromatic heterocycles. The van der Waals surface area contributed by atoms with Crippen molar-refractivity contribution >= 4 is 11.6 Å². The molecule has 1 heterocycles. The van der Waals surface area contributed by atoms with Crippen LogP contribution in [-0.2, 0) is 14.3 Å². The first-order valence-electron chi connectivity index (χ1n) is 4.81. The van der Waals surface area contributed by atoms with Gasteiger partial charge in [-0.15, -0.1) is 0 Å². The van der Waals surface area contributed by atoms with Gasteiger partial charge in [0.15, 0.2) is 11.4 Å². The molecule has 15 heavy (non-hydrogen) atoms. The molecule has 1 N–H and O–H groups in total. The first-order chi connectivity index (χ1) is 6.93. The summed E-state index contributed by atoms with van der Waals surface area (Å²) in [6.07, 6.45) is 3.16. The van der Waals surface area contributed by atoms with E-state index in [1.165, 1.54) is 19.3 Å². The Morgan fingerprint density at radius 2 is 2.20 bits per heavy atom. The van der Waals surface area contributed by atoms with Gasteiger partial charge in [0.25, 0.3) is 0 Å². The molecule has 0 unspecified atom stereocenters. The predicted molar refractivity (Wildman–Crippen MR) is 52.0 cm³/mol. The minimum Gasteiger partial charge on any atom is -0.497 e. The SMILES string of the molecule is C[C@H]1CC2=CC(=O)[C@](C)(O)C(=O)C2=CO1. The maximum atomic E-state index is 11.7. The molecule has 0 saturated carbocycles. The van der Waals surface area contributed by atoms with Crippen molar-refractivity contribution in [3.8, 4) is 0 Å². The number of hydrogen-bond acceptors (Lipinski definition) is 4. The zero-order valence-corrected chi connectivity index (χ0v) is 8.61. The minimum atomic E-state index is -1.93. The van der Waals surface area contributed by atoms with Crippen molar-refractivity contribution < 1.29 is 19.4 Å². The number of ketones is 2. The van der Waals surface area contributed by atoms with Crippen LogP contribution in [0.15, 0.2) is 23.5 Å². The molecular formula is C11H12O4. The molecule has 0 aromatic rings. The fraction of sp³-hybridized carbons (Fsp3) is 0.455. The van der Waals surface area contributed by atoms with Crippen molar-refractivity contribution in [2.75, 3.05) is 0 Å². The lowest BCUT2D eigenvalue weighted by atomic mass is 9.79. The summed E-state index contributed by atoms with van der Waals surface area (Å²) < 4.78 is 5.20. The van der Waals surface area contributed by atoms with Crippen molar-refractivity contribution in [3.63, 3.8) is 0 Å². The number of rotatable bonds is 0. The highest BCUT2D eigenvalue weighted by molar-refractivity contribution is 6.25. The van der Waals surface area contributed by atoms with E-state index in [0.717, 1.165) is 0 Å². The van der Waals surface area contributed by atoms with Gasteiger partial charge in [0, 0.05) is 6.42 Å². The highest BCUT2D eigenvalue weighted by Gasteiger charge is 2.44. The van der Waals surface area contributed by atoms with Gasteiger partial charge in [-0.05, 0) is 25.5 Å². The molecule has 2 aliphatic rings. The Labute approximate surface area is 87.2 Å². The average molecular weight is 208 g/mol. The van der Waals surface area contributed by atoms with E-state index < -0.39 is 17.2 Å². The molecular weight excluding hydrogens is 196 g/mol. The van der Waals surface area contributed by atoms with Crippen molar-refractivity contribution in [2.45, 2.75) is 32.0 Å². The Hall–Kier alpha value is -1.42. The maximum Gasteiger partial charge on any atom is 0.205 e. The van der Waals surface area contributed by atoms with E-state index in [1.807, 2.05) is 6.92 Å². The molecule has 1 aliphatic heterocycles. The first-order valence-corrected chi connectivity index (χ1v) is 4.81. The lowest BCUT2D eigenvalue weighted by Crippen LogP contribution is -2.47. The van der Waals surface area contributed by atoms with E-state index >= 15 is 0 Å². The van der Waals surface area contributed by atoms with Gasteiger partial charge in [-0.1, -0.05) is 0 Å². The molecule has 4 nitrogen and oxygen atoms in total. The highest BCUT2D eigenvalue weighted by Crippen LogP contribution is 2.32. The second kappa shape index (κ2) is 3.03. The van der Waals surface area contributed by atoms with Crippen molar-refractivity contribution in [1.82, 2.24) is 0 Å². The topological polar surface area (TPSA) is 63.6 Å². The largest absolute Gasteiger partial charge is 0.497 e. The van der Waals surface area contributed by atoms with Crippen LogP contribution in [0.2, 0.25) is 0 Å². The van der Waals surface area contributed by atoms with E-state index in [4.69, 9.17) is 4.74 Å². The lowest BCUT2D eigenvalue weighted by molar-refractivity contribution is -0.144. The summed E-state index contributed by atoms with van der Waals surface area (Å²) in [7, 11) is 0. The summed E-state index contributed by atoms with van der Waals surface area (Å²) in [6, 6.07) is 0. The first kappa shape index (κ1) is 10.1. The van der Waals surface area contributed by atoms with Crippen LogP contribution in [0.4, 0.5) is 0 Å². The van der Waals surface area contributed by atoms with Crippen LogP contribution in [0.25, 0.3) is 0 Å². The Kier molecular flexibility index (Phi) is 2.04. The monoisotopic (exact) mass is 208 g/mol. The maximum absolute atomic E-state index is 11.7. The summed E-state index contributed by atoms with van der Waals surface area (Å²) in [4.78, 5) is 23.2. The number of carbonyl (C=O) groups is 2. The molecule has 0 spiro atoms. The van der Waals surface area contributed by atoms with Crippen LogP contribution in [0.5, 0.6) is 0 Å². The van der Waals surface area contributed by atoms with E-state index in [0.29, 0.717) is 17.6 Å². The summed E-state index contributed by atoms with van der Waals surface area (Å²) in [6.45, 7) is 3.07. The minimum absolute atomic E-state index is 0.0383. The molecule has 0 radical (unpaired) electrons. The molecule has 0 aromatic carbocycles. The number of Topliss-reactive ketones (excluding diaryl/α,β-unsaturated/α-hetero) is 1. The van der Waals surface area contributed by atoms with Gasteiger partial charge in [0.2, 0.25) is 5.78 Å². The van der Waals surface area contributed by atoms with E-state index in [-0.39, 0.29) is 6.10 Å². The van der Waals surface area contributed by atoms with Gasteiger partial charge in [0.05, 0.1) is 17.9 Å². The molecule has 0 amide bonds. The molecule has 2 rings (SSSR count). The smallest absolute Gasteiger partial charge is 0.205 e. The zero-order chi connectivity index (χ0) is 11.2. The number of hydrogen-bond donors (Lipinski definition) is 1. The number of ether oxygens (including phenoxy) is 1. The fourth-order valence-corrected chi connectivity index (χ4v) is 1.74. The Balaban J connectivity index is 2.49. The number of carbonyl (C=O) groups excluding carboxylic acids is 2. The van der Waals surface area contributed by atoms with Crippen LogP contribution < -0.4 is 0 Å². The predicted octanol–water partition coefficient (Wildman–Crippen LogP) is 0.508. The van der Waals surface area contributed by atoms with Gasteiger partial charge in [-0.25, -0.2) is 0 Å². The van der Waals surface area contributed by atoms with E-state index in [9.17, 15) is 14.7 Å². The number of fused-ring (bicyclic) bond motifs is 1. The summed E-state index contributed by atoms with van der Waals surface area (Å²) in [5.74, 6) is -1.12. The Morgan fingerprint density at radius 1 is 1.53 bits per heavy atom. The van der Waals surface area contributed by atoms with Crippen LogP contribution >= 0.6 is 0 Å². The second-order valence-electron chi connectivity index (χ2n) is 4.12.